The van der Waals surface area contributed by atoms with Crippen LogP contribution in [-0.4, -0.2) is 17.1 Å². The molecule has 1 aromatic heterocycles. The fourth-order valence-electron chi connectivity index (χ4n) is 1.95. The van der Waals surface area contributed by atoms with Gasteiger partial charge in [-0.15, -0.1) is 0 Å². The van der Waals surface area contributed by atoms with E-state index < -0.39 is 0 Å². The first-order valence-corrected chi connectivity index (χ1v) is 6.83. The van der Waals surface area contributed by atoms with E-state index in [1.807, 2.05) is 38.1 Å². The molecule has 0 atom stereocenters. The third-order valence-corrected chi connectivity index (χ3v) is 3.71. The number of rotatable bonds is 5. The molecule has 0 spiro atoms. The molecule has 0 saturated carbocycles. The summed E-state index contributed by atoms with van der Waals surface area (Å²) in [5.74, 6) is 0.364. The Hall–Kier alpha value is -2.12. The van der Waals surface area contributed by atoms with Gasteiger partial charge in [0, 0.05) is 10.9 Å². The number of benzene rings is 1. The molecular weight excluding hydrogens is 250 g/mol. The summed E-state index contributed by atoms with van der Waals surface area (Å²) in [5.41, 5.74) is 7.10. The lowest BCUT2D eigenvalue weighted by molar-refractivity contribution is 0.201. The van der Waals surface area contributed by atoms with Crippen molar-refractivity contribution in [2.75, 3.05) is 6.61 Å². The molecule has 0 radical (unpaired) electrons. The lowest BCUT2D eigenvalue weighted by Crippen LogP contribution is -2.44. The predicted octanol–water partition coefficient (Wildman–Crippen LogP) is 3.00. The van der Waals surface area contributed by atoms with Crippen molar-refractivity contribution in [1.82, 2.24) is 4.98 Å². The summed E-state index contributed by atoms with van der Waals surface area (Å²) >= 11 is 0. The van der Waals surface area contributed by atoms with E-state index in [0.717, 1.165) is 23.7 Å². The van der Waals surface area contributed by atoms with Crippen LogP contribution in [0.1, 0.15) is 32.3 Å². The first-order chi connectivity index (χ1) is 9.61. The van der Waals surface area contributed by atoms with Crippen LogP contribution in [0.4, 0.5) is 0 Å². The first kappa shape index (κ1) is 14.3. The lowest BCUT2D eigenvalue weighted by Gasteiger charge is -2.26. The Labute approximate surface area is 119 Å². The van der Waals surface area contributed by atoms with Crippen molar-refractivity contribution in [3.8, 4) is 11.9 Å². The van der Waals surface area contributed by atoms with Gasteiger partial charge < -0.3 is 10.5 Å². The van der Waals surface area contributed by atoms with Crippen LogP contribution in [-0.2, 0) is 0 Å². The largest absolute Gasteiger partial charge is 0.475 e. The number of pyridine rings is 1. The third-order valence-electron chi connectivity index (χ3n) is 3.71. The minimum absolute atomic E-state index is 0.361. The number of nitriles is 1. The molecule has 0 aliphatic heterocycles. The lowest BCUT2D eigenvalue weighted by atomic mass is 9.96. The number of nitrogens with two attached hydrogens (primary N) is 1. The second kappa shape index (κ2) is 5.89. The van der Waals surface area contributed by atoms with E-state index in [9.17, 15) is 5.26 Å². The quantitative estimate of drug-likeness (QED) is 0.905. The number of aromatic nitrogens is 1. The average Bonchev–Trinajstić information content (AvgIpc) is 2.51. The zero-order chi connectivity index (χ0) is 14.6. The Kier molecular flexibility index (Phi) is 4.21. The summed E-state index contributed by atoms with van der Waals surface area (Å²) in [6.07, 6.45) is 1.64. The molecule has 20 heavy (non-hydrogen) atoms. The normalized spacial score (nSPS) is 11.3. The Bertz CT molecular complexity index is 642. The maximum atomic E-state index is 9.22. The van der Waals surface area contributed by atoms with Gasteiger partial charge in [0.05, 0.1) is 5.52 Å². The van der Waals surface area contributed by atoms with Crippen molar-refractivity contribution in [2.24, 2.45) is 5.73 Å². The molecule has 0 fully saturated rings. The molecule has 1 heterocycles. The molecule has 1 aromatic carbocycles. The summed E-state index contributed by atoms with van der Waals surface area (Å²) in [6, 6.07) is 11.6. The minimum atomic E-state index is -0.375. The highest BCUT2D eigenvalue weighted by molar-refractivity contribution is 5.80. The Morgan fingerprint density at radius 3 is 2.65 bits per heavy atom. The highest BCUT2D eigenvalue weighted by atomic mass is 16.5. The molecule has 0 aliphatic carbocycles. The molecule has 0 aliphatic rings. The van der Waals surface area contributed by atoms with E-state index in [4.69, 9.17) is 10.5 Å². The van der Waals surface area contributed by atoms with Crippen molar-refractivity contribution >= 4 is 10.9 Å². The summed E-state index contributed by atoms with van der Waals surface area (Å²) in [5, 5.41) is 10.2. The van der Waals surface area contributed by atoms with Gasteiger partial charge in [-0.25, -0.2) is 4.98 Å². The van der Waals surface area contributed by atoms with Crippen molar-refractivity contribution < 1.29 is 4.74 Å². The number of hydrogen-bond acceptors (Lipinski definition) is 4. The number of para-hydroxylation sites is 1. The molecular formula is C16H19N3O. The van der Waals surface area contributed by atoms with Gasteiger partial charge in [0.15, 0.2) is 0 Å². The molecule has 104 valence electrons. The van der Waals surface area contributed by atoms with Gasteiger partial charge in [-0.05, 0) is 25.0 Å². The smallest absolute Gasteiger partial charge is 0.232 e. The van der Waals surface area contributed by atoms with Gasteiger partial charge in [-0.1, -0.05) is 32.0 Å². The number of fused-ring (bicyclic) bond motifs is 1. The second-order valence-corrected chi connectivity index (χ2v) is 5.00. The molecule has 0 saturated heterocycles. The molecule has 2 N–H and O–H groups in total. The van der Waals surface area contributed by atoms with E-state index in [-0.39, 0.29) is 5.54 Å². The van der Waals surface area contributed by atoms with Gasteiger partial charge in [-0.3, -0.25) is 0 Å². The number of ether oxygens (including phenoxy) is 1. The fraction of sp³-hybridized carbons (Fsp3) is 0.375. The fourth-order valence-corrected chi connectivity index (χ4v) is 1.95. The molecule has 4 nitrogen and oxygen atoms in total. The Morgan fingerprint density at radius 2 is 2.00 bits per heavy atom. The summed E-state index contributed by atoms with van der Waals surface area (Å²) < 4.78 is 5.72. The topological polar surface area (TPSA) is 71.9 Å². The predicted molar refractivity (Wildman–Crippen MR) is 79.5 cm³/mol. The first-order valence-electron chi connectivity index (χ1n) is 6.83. The van der Waals surface area contributed by atoms with Gasteiger partial charge >= 0.3 is 0 Å². The van der Waals surface area contributed by atoms with Crippen LogP contribution in [0.15, 0.2) is 30.3 Å². The Balaban J connectivity index is 2.32. The standard InChI is InChI=1S/C16H19N3O/c1-3-16(18,4-2)11-20-15-13(10-17)9-12-7-5-6-8-14(12)19-15/h5-9H,3-4,11,18H2,1-2H3. The molecule has 2 aromatic rings. The number of nitrogens with zero attached hydrogens (tertiary/aromatic N) is 2. The average molecular weight is 269 g/mol. The van der Waals surface area contributed by atoms with Gasteiger partial charge in [-0.2, -0.15) is 5.26 Å². The van der Waals surface area contributed by atoms with E-state index in [0.29, 0.717) is 18.1 Å². The zero-order valence-corrected chi connectivity index (χ0v) is 11.9. The maximum absolute atomic E-state index is 9.22. The van der Waals surface area contributed by atoms with Crippen LogP contribution >= 0.6 is 0 Å². The van der Waals surface area contributed by atoms with Crippen molar-refractivity contribution in [3.05, 3.63) is 35.9 Å². The van der Waals surface area contributed by atoms with E-state index in [1.165, 1.54) is 0 Å². The van der Waals surface area contributed by atoms with Crippen LogP contribution in [0.25, 0.3) is 10.9 Å². The highest BCUT2D eigenvalue weighted by Gasteiger charge is 2.22. The molecule has 4 heteroatoms. The van der Waals surface area contributed by atoms with Gasteiger partial charge in [0.1, 0.15) is 18.2 Å². The maximum Gasteiger partial charge on any atom is 0.232 e. The highest BCUT2D eigenvalue weighted by Crippen LogP contribution is 2.23. The SMILES string of the molecule is CCC(N)(CC)COc1nc2ccccc2cc1C#N. The molecule has 0 bridgehead atoms. The van der Waals surface area contributed by atoms with Gasteiger partial charge in [0.25, 0.3) is 0 Å². The van der Waals surface area contributed by atoms with Gasteiger partial charge in [0.2, 0.25) is 5.88 Å². The van der Waals surface area contributed by atoms with Crippen LogP contribution in [0, 0.1) is 11.3 Å². The summed E-state index contributed by atoms with van der Waals surface area (Å²) in [7, 11) is 0. The molecule has 2 rings (SSSR count). The van der Waals surface area contributed by atoms with Crippen molar-refractivity contribution in [3.63, 3.8) is 0 Å². The monoisotopic (exact) mass is 269 g/mol. The Morgan fingerprint density at radius 1 is 1.30 bits per heavy atom. The van der Waals surface area contributed by atoms with E-state index in [2.05, 4.69) is 11.1 Å². The van der Waals surface area contributed by atoms with Crippen molar-refractivity contribution in [2.45, 2.75) is 32.2 Å². The summed E-state index contributed by atoms with van der Waals surface area (Å²) in [4.78, 5) is 4.42. The summed E-state index contributed by atoms with van der Waals surface area (Å²) in [6.45, 7) is 4.43. The van der Waals surface area contributed by atoms with Crippen LogP contribution in [0.2, 0.25) is 0 Å². The van der Waals surface area contributed by atoms with Crippen LogP contribution < -0.4 is 10.5 Å². The van der Waals surface area contributed by atoms with Crippen LogP contribution in [0.5, 0.6) is 5.88 Å². The van der Waals surface area contributed by atoms with Crippen LogP contribution in [0.3, 0.4) is 0 Å². The minimum Gasteiger partial charge on any atom is -0.475 e. The molecule has 0 unspecified atom stereocenters. The molecule has 0 amide bonds. The van der Waals surface area contributed by atoms with E-state index >= 15 is 0 Å². The number of hydrogen-bond donors (Lipinski definition) is 1. The zero-order valence-electron chi connectivity index (χ0n) is 11.9. The third kappa shape index (κ3) is 2.89. The second-order valence-electron chi connectivity index (χ2n) is 5.00. The van der Waals surface area contributed by atoms with Crippen molar-refractivity contribution in [1.29, 1.82) is 5.26 Å². The van der Waals surface area contributed by atoms with E-state index in [1.54, 1.807) is 6.07 Å².